The number of ether oxygens (including phenoxy) is 2. The molecule has 9 nitrogen and oxygen atoms in total. The molecule has 0 spiro atoms. The maximum absolute atomic E-state index is 14.8. The van der Waals surface area contributed by atoms with E-state index in [0.717, 1.165) is 21.1 Å². The maximum Gasteiger partial charge on any atom is 0.319 e. The zero-order valence-electron chi connectivity index (χ0n) is 21.1. The van der Waals surface area contributed by atoms with Crippen LogP contribution in [0.5, 0.6) is 11.5 Å². The van der Waals surface area contributed by atoms with Gasteiger partial charge in [0, 0.05) is 57.3 Å². The van der Waals surface area contributed by atoms with Gasteiger partial charge in [-0.1, -0.05) is 0 Å². The summed E-state index contributed by atoms with van der Waals surface area (Å²) in [5.41, 5.74) is 1.99. The van der Waals surface area contributed by atoms with Crippen LogP contribution in [-0.4, -0.2) is 59.7 Å². The van der Waals surface area contributed by atoms with Gasteiger partial charge in [-0.15, -0.1) is 11.3 Å². The third-order valence-electron chi connectivity index (χ3n) is 5.46. The minimum atomic E-state index is -0.599. The molecule has 3 aromatic heterocycles. The number of carbonyl (C=O) groups excluding carboxylic acids is 1. The van der Waals surface area contributed by atoms with Crippen molar-refractivity contribution in [3.8, 4) is 22.2 Å². The molecule has 2 amide bonds. The van der Waals surface area contributed by atoms with Crippen molar-refractivity contribution in [1.82, 2.24) is 24.7 Å². The second-order valence-electron chi connectivity index (χ2n) is 8.73. The van der Waals surface area contributed by atoms with Crippen molar-refractivity contribution < 1.29 is 18.7 Å². The summed E-state index contributed by atoms with van der Waals surface area (Å²) in [6.07, 6.45) is 3.41. The van der Waals surface area contributed by atoms with E-state index in [1.807, 2.05) is 31.5 Å². The Labute approximate surface area is 220 Å². The van der Waals surface area contributed by atoms with Crippen LogP contribution in [0.1, 0.15) is 19.5 Å². The Balaban J connectivity index is 1.54. The Morgan fingerprint density at radius 3 is 2.78 bits per heavy atom. The lowest BCUT2D eigenvalue weighted by molar-refractivity contribution is 0.178. The summed E-state index contributed by atoms with van der Waals surface area (Å²) in [4.78, 5) is 23.5. The van der Waals surface area contributed by atoms with Gasteiger partial charge in [-0.05, 0) is 32.0 Å². The highest BCUT2D eigenvalue weighted by Crippen LogP contribution is 2.39. The number of carbonyl (C=O) groups is 1. The highest BCUT2D eigenvalue weighted by Gasteiger charge is 2.17. The number of nitrogens with zero attached hydrogens (tertiary/aromatic N) is 4. The minimum Gasteiger partial charge on any atom is -0.453 e. The van der Waals surface area contributed by atoms with Gasteiger partial charge in [-0.3, -0.25) is 4.98 Å². The van der Waals surface area contributed by atoms with Crippen molar-refractivity contribution in [2.75, 3.05) is 25.6 Å². The summed E-state index contributed by atoms with van der Waals surface area (Å²) in [6, 6.07) is 7.46. The lowest BCUT2D eigenvalue weighted by Gasteiger charge is -2.16. The number of hydrogen-bond donors (Lipinski definition) is 2. The Bertz CT molecular complexity index is 1390. The number of rotatable bonds is 10. The molecule has 192 valence electrons. The summed E-state index contributed by atoms with van der Waals surface area (Å²) < 4.78 is 28.6. The van der Waals surface area contributed by atoms with E-state index in [0.29, 0.717) is 36.6 Å². The van der Waals surface area contributed by atoms with Crippen molar-refractivity contribution in [3.05, 3.63) is 54.2 Å². The van der Waals surface area contributed by atoms with Crippen molar-refractivity contribution >= 4 is 41.3 Å². The number of methoxy groups -OCH3 is 1. The molecule has 4 rings (SSSR count). The summed E-state index contributed by atoms with van der Waals surface area (Å²) in [6.45, 7) is 5.34. The van der Waals surface area contributed by atoms with Gasteiger partial charge < -0.3 is 29.5 Å². The average molecular weight is 522 g/mol. The highest BCUT2D eigenvalue weighted by molar-refractivity contribution is 7.22. The number of hydrogen-bond acceptors (Lipinski definition) is 7. The minimum absolute atomic E-state index is 0.0363. The van der Waals surface area contributed by atoms with Crippen LogP contribution in [0.2, 0.25) is 0 Å². The first-order valence-electron chi connectivity index (χ1n) is 11.7. The first-order valence-corrected chi connectivity index (χ1v) is 12.5. The highest BCUT2D eigenvalue weighted by atomic mass is 32.1. The van der Waals surface area contributed by atoms with Gasteiger partial charge in [0.05, 0.1) is 33.6 Å². The first kappa shape index (κ1) is 26.6. The molecular weight excluding hydrogens is 494 g/mol. The number of nitrogens with one attached hydrogen (secondary N) is 2. The van der Waals surface area contributed by atoms with Crippen molar-refractivity contribution in [1.29, 1.82) is 0 Å². The summed E-state index contributed by atoms with van der Waals surface area (Å²) in [7, 11) is 9.63. The third-order valence-corrected chi connectivity index (χ3v) is 6.59. The first-order chi connectivity index (χ1) is 17.7. The van der Waals surface area contributed by atoms with Crippen LogP contribution in [0.25, 0.3) is 20.9 Å². The van der Waals surface area contributed by atoms with Crippen LogP contribution in [0.15, 0.2) is 42.7 Å². The molecule has 0 aliphatic carbocycles. The van der Waals surface area contributed by atoms with E-state index >= 15 is 0 Å². The maximum atomic E-state index is 14.8. The molecule has 12 heteroatoms. The zero-order valence-corrected chi connectivity index (χ0v) is 21.9. The quantitative estimate of drug-likeness (QED) is 0.294. The molecule has 0 aliphatic heterocycles. The molecule has 0 atom stereocenters. The summed E-state index contributed by atoms with van der Waals surface area (Å²) in [5.74, 6) is 0.680. The molecule has 0 unspecified atom stereocenters. The van der Waals surface area contributed by atoms with Crippen molar-refractivity contribution in [2.24, 2.45) is 7.05 Å². The molecule has 3 heterocycles. The molecular formula is C25H28BFN6O3S. The summed E-state index contributed by atoms with van der Waals surface area (Å²) >= 11 is 1.46. The van der Waals surface area contributed by atoms with E-state index in [2.05, 4.69) is 20.6 Å². The number of aromatic nitrogens is 3. The van der Waals surface area contributed by atoms with E-state index in [1.165, 1.54) is 23.5 Å². The van der Waals surface area contributed by atoms with E-state index in [9.17, 15) is 9.18 Å². The normalized spacial score (nSPS) is 11.4. The molecule has 0 saturated carbocycles. The van der Waals surface area contributed by atoms with Gasteiger partial charge in [0.2, 0.25) is 0 Å². The molecule has 4 aromatic rings. The van der Waals surface area contributed by atoms with Gasteiger partial charge in [-0.2, -0.15) is 0 Å². The number of anilines is 1. The molecule has 0 saturated heterocycles. The number of halogens is 1. The fourth-order valence-electron chi connectivity index (χ4n) is 3.63. The third kappa shape index (κ3) is 6.45. The molecule has 37 heavy (non-hydrogen) atoms. The van der Waals surface area contributed by atoms with E-state index in [4.69, 9.17) is 17.5 Å². The summed E-state index contributed by atoms with van der Waals surface area (Å²) in [5, 5.41) is 5.30. The van der Waals surface area contributed by atoms with Crippen LogP contribution in [0, 0.1) is 5.82 Å². The Hall–Kier alpha value is -3.48. The van der Waals surface area contributed by atoms with Crippen LogP contribution >= 0.6 is 11.3 Å². The van der Waals surface area contributed by atoms with Crippen LogP contribution in [0.3, 0.4) is 0 Å². The van der Waals surface area contributed by atoms with E-state index in [-0.39, 0.29) is 11.8 Å². The van der Waals surface area contributed by atoms with E-state index in [1.54, 1.807) is 36.4 Å². The molecule has 1 aromatic carbocycles. The monoisotopic (exact) mass is 522 g/mol. The molecule has 2 radical (unpaired) electrons. The number of imidazole rings is 1. The fourth-order valence-corrected chi connectivity index (χ4v) is 4.73. The standard InChI is InChI=1S/C25H28BFN6O3S/c1-15(2)30-25(34)31-16-5-6-20(18(27)11-16)36-21-7-8-28-19-12-22(37-23(19)21)24-29-13-17(32(24)3)14-33(26)9-10-35-4/h5-8,11-13,15H,9-10,14H2,1-4H3,(H2,30,31,34). The van der Waals surface area contributed by atoms with Gasteiger partial charge in [0.15, 0.2) is 19.5 Å². The number of amides is 2. The molecule has 0 aliphatic rings. The molecule has 2 N–H and O–H groups in total. The number of thiophene rings is 1. The van der Waals surface area contributed by atoms with Crippen LogP contribution in [-0.2, 0) is 18.3 Å². The van der Waals surface area contributed by atoms with E-state index < -0.39 is 11.8 Å². The second-order valence-corrected chi connectivity index (χ2v) is 9.78. The lowest BCUT2D eigenvalue weighted by Crippen LogP contribution is -2.34. The smallest absolute Gasteiger partial charge is 0.319 e. The fraction of sp³-hybridized carbons (Fsp3) is 0.320. The van der Waals surface area contributed by atoms with Gasteiger partial charge in [-0.25, -0.2) is 14.2 Å². The van der Waals surface area contributed by atoms with Gasteiger partial charge in [0.1, 0.15) is 11.6 Å². The van der Waals surface area contributed by atoms with Crippen molar-refractivity contribution in [2.45, 2.75) is 26.4 Å². The molecule has 0 fully saturated rings. The largest absolute Gasteiger partial charge is 0.453 e. The number of urea groups is 1. The molecule has 0 bridgehead atoms. The second kappa shape index (κ2) is 11.7. The topological polar surface area (TPSA) is 93.5 Å². The Morgan fingerprint density at radius 2 is 2.05 bits per heavy atom. The number of benzene rings is 1. The Morgan fingerprint density at radius 1 is 1.24 bits per heavy atom. The average Bonchev–Trinajstić information content (AvgIpc) is 3.43. The SMILES string of the molecule is [B]N(CCOC)Cc1cnc(-c2cc3nccc(Oc4ccc(NC(=O)NC(C)C)cc4F)c3s2)n1C. The lowest BCUT2D eigenvalue weighted by atomic mass is 10.2. The Kier molecular flexibility index (Phi) is 8.42. The zero-order chi connectivity index (χ0) is 26.5. The van der Waals surface area contributed by atoms with Gasteiger partial charge in [0.25, 0.3) is 0 Å². The van der Waals surface area contributed by atoms with Gasteiger partial charge >= 0.3 is 6.03 Å². The van der Waals surface area contributed by atoms with Crippen LogP contribution in [0.4, 0.5) is 14.9 Å². The predicted molar refractivity (Wildman–Crippen MR) is 144 cm³/mol. The number of fused-ring (bicyclic) bond motifs is 1. The number of pyridine rings is 1. The van der Waals surface area contributed by atoms with Crippen molar-refractivity contribution in [3.63, 3.8) is 0 Å². The predicted octanol–water partition coefficient (Wildman–Crippen LogP) is 4.69. The van der Waals surface area contributed by atoms with Crippen LogP contribution < -0.4 is 15.4 Å².